The van der Waals surface area contributed by atoms with E-state index in [0.29, 0.717) is 16.3 Å². The molecule has 0 bridgehead atoms. The highest BCUT2D eigenvalue weighted by atomic mass is 35.5. The standard InChI is InChI=1S/C19H15ClF3N3O2/c1-10-12(20)6-5-8-13(10)25-17(27)11(2)26-15-9-4-3-7-14(15)24-16(18(26)28)19(21,22)23/h3-9,11H,1-2H3,(H,25,27)/t11-/m1/s1. The highest BCUT2D eigenvalue weighted by Gasteiger charge is 2.38. The SMILES string of the molecule is Cc1c(Cl)cccc1NC(=O)[C@@H](C)n1c(=O)c(C(F)(F)F)nc2ccccc21. The highest BCUT2D eigenvalue weighted by molar-refractivity contribution is 6.31. The zero-order valence-corrected chi connectivity index (χ0v) is 15.6. The van der Waals surface area contributed by atoms with E-state index in [1.165, 1.54) is 25.1 Å². The van der Waals surface area contributed by atoms with Gasteiger partial charge < -0.3 is 5.32 Å². The molecule has 9 heteroatoms. The Balaban J connectivity index is 2.11. The Morgan fingerprint density at radius 3 is 2.54 bits per heavy atom. The van der Waals surface area contributed by atoms with Crippen molar-refractivity contribution in [3.63, 3.8) is 0 Å². The first-order chi connectivity index (χ1) is 13.1. The molecule has 0 spiro atoms. The summed E-state index contributed by atoms with van der Waals surface area (Å²) in [4.78, 5) is 28.7. The van der Waals surface area contributed by atoms with Crippen LogP contribution in [0.2, 0.25) is 5.02 Å². The summed E-state index contributed by atoms with van der Waals surface area (Å²) in [5.41, 5.74) is -1.83. The second-order valence-corrected chi connectivity index (χ2v) is 6.61. The van der Waals surface area contributed by atoms with Crippen LogP contribution in [0.25, 0.3) is 11.0 Å². The fourth-order valence-electron chi connectivity index (χ4n) is 2.82. The van der Waals surface area contributed by atoms with E-state index in [1.807, 2.05) is 0 Å². The Bertz CT molecular complexity index is 1130. The number of anilines is 1. The fourth-order valence-corrected chi connectivity index (χ4v) is 3.00. The number of fused-ring (bicyclic) bond motifs is 1. The Hall–Kier alpha value is -2.87. The van der Waals surface area contributed by atoms with E-state index < -0.39 is 29.4 Å². The third kappa shape index (κ3) is 3.60. The molecule has 0 saturated heterocycles. The predicted octanol–water partition coefficient (Wildman–Crippen LogP) is 4.58. The van der Waals surface area contributed by atoms with Gasteiger partial charge in [0.25, 0.3) is 5.56 Å². The van der Waals surface area contributed by atoms with Gasteiger partial charge in [-0.1, -0.05) is 29.8 Å². The number of para-hydroxylation sites is 2. The molecule has 0 radical (unpaired) electrons. The minimum absolute atomic E-state index is 0.0342. The number of carbonyl (C=O) groups is 1. The fraction of sp³-hybridized carbons (Fsp3) is 0.211. The number of halogens is 4. The molecule has 1 amide bonds. The zero-order chi connectivity index (χ0) is 20.6. The number of alkyl halides is 3. The van der Waals surface area contributed by atoms with Crippen LogP contribution in [-0.4, -0.2) is 15.5 Å². The lowest BCUT2D eigenvalue weighted by Crippen LogP contribution is -2.36. The van der Waals surface area contributed by atoms with Gasteiger partial charge >= 0.3 is 6.18 Å². The first-order valence-corrected chi connectivity index (χ1v) is 8.63. The quantitative estimate of drug-likeness (QED) is 0.688. The van der Waals surface area contributed by atoms with Crippen LogP contribution in [0.1, 0.15) is 24.2 Å². The van der Waals surface area contributed by atoms with Crippen molar-refractivity contribution in [2.75, 3.05) is 5.32 Å². The highest BCUT2D eigenvalue weighted by Crippen LogP contribution is 2.28. The monoisotopic (exact) mass is 409 g/mol. The molecule has 1 heterocycles. The van der Waals surface area contributed by atoms with E-state index in [0.717, 1.165) is 4.57 Å². The van der Waals surface area contributed by atoms with E-state index in [2.05, 4.69) is 10.3 Å². The molecule has 0 saturated carbocycles. The molecule has 28 heavy (non-hydrogen) atoms. The van der Waals surface area contributed by atoms with E-state index in [1.54, 1.807) is 31.2 Å². The van der Waals surface area contributed by atoms with Crippen molar-refractivity contribution in [2.24, 2.45) is 0 Å². The number of hydrogen-bond donors (Lipinski definition) is 1. The van der Waals surface area contributed by atoms with E-state index >= 15 is 0 Å². The van der Waals surface area contributed by atoms with E-state index in [-0.39, 0.29) is 11.0 Å². The maximum atomic E-state index is 13.3. The molecule has 2 aromatic carbocycles. The van der Waals surface area contributed by atoms with Gasteiger partial charge in [-0.15, -0.1) is 0 Å². The molecule has 1 aromatic heterocycles. The second-order valence-electron chi connectivity index (χ2n) is 6.20. The average molecular weight is 410 g/mol. The summed E-state index contributed by atoms with van der Waals surface area (Å²) in [6.45, 7) is 3.04. The Kier molecular flexibility index (Phi) is 5.16. The summed E-state index contributed by atoms with van der Waals surface area (Å²) in [5, 5.41) is 3.04. The number of rotatable bonds is 3. The van der Waals surface area contributed by atoms with Gasteiger partial charge in [0.1, 0.15) is 6.04 Å². The second kappa shape index (κ2) is 7.27. The third-order valence-corrected chi connectivity index (χ3v) is 4.77. The lowest BCUT2D eigenvalue weighted by atomic mass is 10.1. The Labute approximate surface area is 162 Å². The normalized spacial score (nSPS) is 12.8. The van der Waals surface area contributed by atoms with Crippen LogP contribution in [0.15, 0.2) is 47.3 Å². The number of amides is 1. The molecule has 1 N–H and O–H groups in total. The summed E-state index contributed by atoms with van der Waals surface area (Å²) >= 11 is 6.03. The average Bonchev–Trinajstić information content (AvgIpc) is 2.63. The maximum Gasteiger partial charge on any atom is 0.438 e. The number of hydrogen-bond acceptors (Lipinski definition) is 3. The van der Waals surface area contributed by atoms with Crippen molar-refractivity contribution in [2.45, 2.75) is 26.1 Å². The third-order valence-electron chi connectivity index (χ3n) is 4.36. The van der Waals surface area contributed by atoms with Gasteiger partial charge in [-0.05, 0) is 43.7 Å². The summed E-state index contributed by atoms with van der Waals surface area (Å²) in [6.07, 6.45) is -4.94. The predicted molar refractivity (Wildman–Crippen MR) is 101 cm³/mol. The molecule has 3 aromatic rings. The molecule has 3 rings (SSSR count). The minimum Gasteiger partial charge on any atom is -0.324 e. The number of carbonyl (C=O) groups excluding carboxylic acids is 1. The summed E-state index contributed by atoms with van der Waals surface area (Å²) in [5.74, 6) is -0.656. The molecule has 0 aliphatic rings. The topological polar surface area (TPSA) is 64.0 Å². The molecule has 5 nitrogen and oxygen atoms in total. The number of benzene rings is 2. The van der Waals surface area contributed by atoms with E-state index in [4.69, 9.17) is 11.6 Å². The molecular formula is C19H15ClF3N3O2. The molecule has 1 atom stereocenters. The smallest absolute Gasteiger partial charge is 0.324 e. The van der Waals surface area contributed by atoms with Gasteiger partial charge in [-0.3, -0.25) is 14.2 Å². The molecular weight excluding hydrogens is 395 g/mol. The van der Waals surface area contributed by atoms with Crippen LogP contribution in [0.4, 0.5) is 18.9 Å². The summed E-state index contributed by atoms with van der Waals surface area (Å²) in [6, 6.07) is 9.52. The summed E-state index contributed by atoms with van der Waals surface area (Å²) in [7, 11) is 0. The molecule has 0 aliphatic carbocycles. The molecule has 0 unspecified atom stereocenters. The molecule has 146 valence electrons. The van der Waals surface area contributed by atoms with Crippen LogP contribution >= 0.6 is 11.6 Å². The van der Waals surface area contributed by atoms with Gasteiger partial charge in [0.2, 0.25) is 11.6 Å². The summed E-state index contributed by atoms with van der Waals surface area (Å²) < 4.78 is 40.6. The van der Waals surface area contributed by atoms with Crippen molar-refractivity contribution in [3.05, 3.63) is 69.1 Å². The van der Waals surface area contributed by atoms with Crippen LogP contribution in [0, 0.1) is 6.92 Å². The Morgan fingerprint density at radius 1 is 1.18 bits per heavy atom. The first kappa shape index (κ1) is 19.9. The van der Waals surface area contributed by atoms with Crippen molar-refractivity contribution >= 4 is 34.2 Å². The number of aromatic nitrogens is 2. The zero-order valence-electron chi connectivity index (χ0n) is 14.8. The number of nitrogens with zero attached hydrogens (tertiary/aromatic N) is 2. The lowest BCUT2D eigenvalue weighted by molar-refractivity contribution is -0.142. The van der Waals surface area contributed by atoms with Crippen molar-refractivity contribution in [3.8, 4) is 0 Å². The van der Waals surface area contributed by atoms with Gasteiger partial charge in [0.15, 0.2) is 0 Å². The van der Waals surface area contributed by atoms with Crippen LogP contribution in [0.3, 0.4) is 0 Å². The van der Waals surface area contributed by atoms with Crippen LogP contribution in [0.5, 0.6) is 0 Å². The van der Waals surface area contributed by atoms with Crippen molar-refractivity contribution in [1.29, 1.82) is 0 Å². The van der Waals surface area contributed by atoms with Gasteiger partial charge in [0.05, 0.1) is 11.0 Å². The van der Waals surface area contributed by atoms with Gasteiger partial charge in [-0.2, -0.15) is 13.2 Å². The minimum atomic E-state index is -4.94. The molecule has 0 fully saturated rings. The van der Waals surface area contributed by atoms with Gasteiger partial charge in [-0.25, -0.2) is 4.98 Å². The Morgan fingerprint density at radius 2 is 1.86 bits per heavy atom. The first-order valence-electron chi connectivity index (χ1n) is 8.25. The number of nitrogens with one attached hydrogen (secondary N) is 1. The maximum absolute atomic E-state index is 13.3. The van der Waals surface area contributed by atoms with Crippen LogP contribution < -0.4 is 10.9 Å². The van der Waals surface area contributed by atoms with E-state index in [9.17, 15) is 22.8 Å². The largest absolute Gasteiger partial charge is 0.438 e. The van der Waals surface area contributed by atoms with Gasteiger partial charge in [0, 0.05) is 10.7 Å². The lowest BCUT2D eigenvalue weighted by Gasteiger charge is -2.20. The molecule has 0 aliphatic heterocycles. The van der Waals surface area contributed by atoms with Crippen molar-refractivity contribution < 1.29 is 18.0 Å². The van der Waals surface area contributed by atoms with Crippen LogP contribution in [-0.2, 0) is 11.0 Å². The van der Waals surface area contributed by atoms with Crippen molar-refractivity contribution in [1.82, 2.24) is 9.55 Å².